The fourth-order valence-corrected chi connectivity index (χ4v) is 2.32. The summed E-state index contributed by atoms with van der Waals surface area (Å²) in [6.07, 6.45) is 0. The monoisotopic (exact) mass is 291 g/mol. The van der Waals surface area contributed by atoms with Gasteiger partial charge in [-0.1, -0.05) is 23.1 Å². The molecule has 1 heterocycles. The molecule has 0 radical (unpaired) electrons. The Morgan fingerprint density at radius 2 is 2.28 bits per heavy atom. The first-order valence-corrected chi connectivity index (χ1v) is 6.70. The van der Waals surface area contributed by atoms with Crippen molar-refractivity contribution in [3.63, 3.8) is 0 Å². The van der Waals surface area contributed by atoms with Gasteiger partial charge in [0.2, 0.25) is 11.0 Å². The number of rotatable bonds is 6. The van der Waals surface area contributed by atoms with E-state index in [4.69, 9.17) is 10.5 Å². The Labute approximate surface area is 112 Å². The van der Waals surface area contributed by atoms with Crippen LogP contribution in [0.4, 0.5) is 9.93 Å². The molecule has 10 heteroatoms. The number of anilines is 1. The number of imide groups is 1. The first kappa shape index (κ1) is 14.7. The molecule has 0 atom stereocenters. The fourth-order valence-electron chi connectivity index (χ4n) is 0.880. The number of nitrogens with two attached hydrogens (primary N) is 1. The first-order chi connectivity index (χ1) is 8.61. The van der Waals surface area contributed by atoms with Gasteiger partial charge in [-0.2, -0.15) is 0 Å². The number of nitrogens with one attached hydrogen (secondary N) is 2. The van der Waals surface area contributed by atoms with Crippen LogP contribution in [0.1, 0.15) is 0 Å². The lowest BCUT2D eigenvalue weighted by molar-refractivity contribution is -0.117. The summed E-state index contributed by atoms with van der Waals surface area (Å²) in [5.41, 5.74) is 5.39. The van der Waals surface area contributed by atoms with Crippen LogP contribution >= 0.6 is 23.1 Å². The van der Waals surface area contributed by atoms with Crippen molar-refractivity contribution in [1.82, 2.24) is 20.8 Å². The average Bonchev–Trinajstić information content (AvgIpc) is 2.73. The number of hydrogen-bond acceptors (Lipinski definition) is 8. The highest BCUT2D eigenvalue weighted by atomic mass is 32.2. The van der Waals surface area contributed by atoms with Crippen molar-refractivity contribution in [1.29, 1.82) is 0 Å². The summed E-state index contributed by atoms with van der Waals surface area (Å²) in [5.74, 6) is -0.338. The van der Waals surface area contributed by atoms with Crippen molar-refractivity contribution in [2.75, 3.05) is 31.7 Å². The van der Waals surface area contributed by atoms with E-state index in [2.05, 4.69) is 20.8 Å². The minimum atomic E-state index is -0.547. The zero-order valence-corrected chi connectivity index (χ0v) is 11.3. The van der Waals surface area contributed by atoms with Crippen LogP contribution in [0.3, 0.4) is 0 Å². The predicted molar refractivity (Wildman–Crippen MR) is 68.5 cm³/mol. The van der Waals surface area contributed by atoms with Crippen LogP contribution in [0.5, 0.6) is 0 Å². The van der Waals surface area contributed by atoms with Crippen LogP contribution in [0.15, 0.2) is 4.34 Å². The topological polar surface area (TPSA) is 119 Å². The van der Waals surface area contributed by atoms with Crippen LogP contribution < -0.4 is 16.4 Å². The number of hydrogen-bond donors (Lipinski definition) is 3. The smallest absolute Gasteiger partial charge is 0.321 e. The number of ether oxygens (including phenoxy) is 1. The molecule has 1 aromatic rings. The number of nitrogen functional groups attached to an aromatic ring is 1. The largest absolute Gasteiger partial charge is 0.383 e. The number of urea groups is 1. The van der Waals surface area contributed by atoms with E-state index in [1.807, 2.05) is 0 Å². The van der Waals surface area contributed by atoms with Crippen LogP contribution in [-0.4, -0.2) is 48.1 Å². The normalized spacial score (nSPS) is 10.1. The number of amides is 3. The first-order valence-electron chi connectivity index (χ1n) is 4.90. The third-order valence-electron chi connectivity index (χ3n) is 1.59. The molecule has 0 saturated heterocycles. The lowest BCUT2D eigenvalue weighted by atomic mass is 10.6. The highest BCUT2D eigenvalue weighted by Gasteiger charge is 2.09. The van der Waals surface area contributed by atoms with E-state index < -0.39 is 11.9 Å². The molecule has 0 aliphatic rings. The molecule has 18 heavy (non-hydrogen) atoms. The summed E-state index contributed by atoms with van der Waals surface area (Å²) in [5, 5.41) is 12.3. The number of nitrogens with zero attached hydrogens (tertiary/aromatic N) is 2. The molecule has 0 bridgehead atoms. The predicted octanol–water partition coefficient (Wildman–Crippen LogP) is -0.315. The number of methoxy groups -OCH3 is 1. The Morgan fingerprint density at radius 1 is 1.50 bits per heavy atom. The van der Waals surface area contributed by atoms with Crippen molar-refractivity contribution < 1.29 is 14.3 Å². The highest BCUT2D eigenvalue weighted by molar-refractivity contribution is 8.01. The SMILES string of the molecule is COCCNC(=O)NC(=O)CSc1nnc(N)s1. The van der Waals surface area contributed by atoms with Crippen molar-refractivity contribution in [2.24, 2.45) is 0 Å². The van der Waals surface area contributed by atoms with Crippen molar-refractivity contribution in [2.45, 2.75) is 4.34 Å². The van der Waals surface area contributed by atoms with Crippen LogP contribution in [-0.2, 0) is 9.53 Å². The van der Waals surface area contributed by atoms with Gasteiger partial charge < -0.3 is 15.8 Å². The van der Waals surface area contributed by atoms with E-state index in [9.17, 15) is 9.59 Å². The minimum Gasteiger partial charge on any atom is -0.383 e. The van der Waals surface area contributed by atoms with Gasteiger partial charge in [-0.05, 0) is 0 Å². The molecule has 1 rings (SSSR count). The molecule has 0 unspecified atom stereocenters. The molecular weight excluding hydrogens is 278 g/mol. The third kappa shape index (κ3) is 5.80. The summed E-state index contributed by atoms with van der Waals surface area (Å²) in [6, 6.07) is -0.547. The van der Waals surface area contributed by atoms with Gasteiger partial charge in [0, 0.05) is 13.7 Å². The molecule has 0 saturated carbocycles. The highest BCUT2D eigenvalue weighted by Crippen LogP contribution is 2.22. The molecule has 0 spiro atoms. The van der Waals surface area contributed by atoms with Gasteiger partial charge in [0.05, 0.1) is 12.4 Å². The molecule has 3 amide bonds. The van der Waals surface area contributed by atoms with E-state index in [0.29, 0.717) is 22.6 Å². The number of carbonyl (C=O) groups is 2. The second-order valence-electron chi connectivity index (χ2n) is 2.99. The summed E-state index contributed by atoms with van der Waals surface area (Å²) < 4.78 is 5.33. The second kappa shape index (κ2) is 7.84. The van der Waals surface area contributed by atoms with Gasteiger partial charge in [-0.25, -0.2) is 4.79 Å². The van der Waals surface area contributed by atoms with E-state index >= 15 is 0 Å². The Balaban J connectivity index is 2.19. The van der Waals surface area contributed by atoms with Gasteiger partial charge in [0.25, 0.3) is 0 Å². The number of thioether (sulfide) groups is 1. The Morgan fingerprint density at radius 3 is 2.89 bits per heavy atom. The van der Waals surface area contributed by atoms with Crippen LogP contribution in [0, 0.1) is 0 Å². The second-order valence-corrected chi connectivity index (χ2v) is 5.22. The standard InChI is InChI=1S/C8H13N5O3S2/c1-16-3-2-10-7(15)11-5(14)4-17-8-13-12-6(9)18-8/h2-4H2,1H3,(H2,9,12)(H2,10,11,14,15). The molecule has 100 valence electrons. The quantitative estimate of drug-likeness (QED) is 0.485. The lowest BCUT2D eigenvalue weighted by Crippen LogP contribution is -2.41. The molecule has 4 N–H and O–H groups in total. The van der Waals surface area contributed by atoms with Gasteiger partial charge in [-0.3, -0.25) is 10.1 Å². The molecule has 1 aromatic heterocycles. The Kier molecular flexibility index (Phi) is 6.39. The molecular formula is C8H13N5O3S2. The van der Waals surface area contributed by atoms with Gasteiger partial charge in [-0.15, -0.1) is 10.2 Å². The molecule has 0 aromatic carbocycles. The van der Waals surface area contributed by atoms with E-state index in [0.717, 1.165) is 0 Å². The minimum absolute atomic E-state index is 0.0757. The lowest BCUT2D eigenvalue weighted by Gasteiger charge is -2.05. The number of carbonyl (C=O) groups excluding carboxylic acids is 2. The van der Waals surface area contributed by atoms with E-state index in [-0.39, 0.29) is 5.75 Å². The van der Waals surface area contributed by atoms with Gasteiger partial charge >= 0.3 is 6.03 Å². The summed E-state index contributed by atoms with van der Waals surface area (Å²) in [4.78, 5) is 22.6. The van der Waals surface area contributed by atoms with E-state index in [1.165, 1.54) is 30.2 Å². The van der Waals surface area contributed by atoms with Gasteiger partial charge in [0.15, 0.2) is 4.34 Å². The molecule has 0 fully saturated rings. The maximum absolute atomic E-state index is 11.4. The average molecular weight is 291 g/mol. The number of aromatic nitrogens is 2. The zero-order chi connectivity index (χ0) is 13.4. The van der Waals surface area contributed by atoms with Crippen molar-refractivity contribution in [3.8, 4) is 0 Å². The molecule has 0 aliphatic carbocycles. The maximum Gasteiger partial charge on any atom is 0.321 e. The molecule has 0 aliphatic heterocycles. The Bertz CT molecular complexity index is 411. The summed E-state index contributed by atoms with van der Waals surface area (Å²) in [7, 11) is 1.52. The van der Waals surface area contributed by atoms with Crippen LogP contribution in [0.25, 0.3) is 0 Å². The molecule has 8 nitrogen and oxygen atoms in total. The fraction of sp³-hybridized carbons (Fsp3) is 0.500. The maximum atomic E-state index is 11.4. The van der Waals surface area contributed by atoms with Crippen LogP contribution in [0.2, 0.25) is 0 Å². The third-order valence-corrected chi connectivity index (χ3v) is 3.48. The van der Waals surface area contributed by atoms with E-state index in [1.54, 1.807) is 0 Å². The summed E-state index contributed by atoms with van der Waals surface area (Å²) in [6.45, 7) is 0.732. The zero-order valence-electron chi connectivity index (χ0n) is 9.63. The Hall–Kier alpha value is -1.39. The van der Waals surface area contributed by atoms with Crippen molar-refractivity contribution in [3.05, 3.63) is 0 Å². The van der Waals surface area contributed by atoms with Gasteiger partial charge in [0.1, 0.15) is 0 Å². The summed E-state index contributed by atoms with van der Waals surface area (Å²) >= 11 is 2.35. The van der Waals surface area contributed by atoms with Crippen molar-refractivity contribution >= 4 is 40.2 Å².